The van der Waals surface area contributed by atoms with E-state index in [1.807, 2.05) is 22.8 Å². The molecule has 134 valence electrons. The molecule has 1 aromatic carbocycles. The number of rotatable bonds is 3. The van der Waals surface area contributed by atoms with Crippen LogP contribution >= 0.6 is 0 Å². The largest absolute Gasteiger partial charge is 0.379 e. The van der Waals surface area contributed by atoms with Gasteiger partial charge in [0.15, 0.2) is 5.65 Å². The van der Waals surface area contributed by atoms with Gasteiger partial charge in [0.05, 0.1) is 25.1 Å². The summed E-state index contributed by atoms with van der Waals surface area (Å²) in [5.74, 6) is 1.13. The Labute approximate surface area is 153 Å². The molecule has 0 amide bonds. The van der Waals surface area contributed by atoms with Gasteiger partial charge in [-0.2, -0.15) is 9.61 Å². The van der Waals surface area contributed by atoms with Crippen LogP contribution in [0.5, 0.6) is 0 Å². The molecule has 3 aromatic rings. The van der Waals surface area contributed by atoms with Crippen LogP contribution in [0, 0.1) is 0 Å². The molecule has 2 aliphatic rings. The molecule has 6 heteroatoms. The van der Waals surface area contributed by atoms with Gasteiger partial charge in [-0.1, -0.05) is 30.3 Å². The van der Waals surface area contributed by atoms with Gasteiger partial charge in [0.2, 0.25) is 0 Å². The van der Waals surface area contributed by atoms with Crippen molar-refractivity contribution in [3.63, 3.8) is 0 Å². The molecule has 0 aliphatic carbocycles. The molecule has 0 radical (unpaired) electrons. The lowest BCUT2D eigenvalue weighted by atomic mass is 10.1. The Kier molecular flexibility index (Phi) is 4.07. The molecule has 1 atom stereocenters. The van der Waals surface area contributed by atoms with Gasteiger partial charge < -0.3 is 9.64 Å². The van der Waals surface area contributed by atoms with Crippen molar-refractivity contribution in [3.05, 3.63) is 48.7 Å². The Hall–Kier alpha value is -2.44. The third-order valence-electron chi connectivity index (χ3n) is 5.46. The predicted octanol–water partition coefficient (Wildman–Crippen LogP) is 2.31. The van der Waals surface area contributed by atoms with Gasteiger partial charge in [0.25, 0.3) is 0 Å². The first-order valence-electron chi connectivity index (χ1n) is 9.35. The van der Waals surface area contributed by atoms with Crippen LogP contribution in [-0.4, -0.2) is 64.9 Å². The molecule has 2 aliphatic heterocycles. The molecule has 2 saturated heterocycles. The number of nitrogens with zero attached hydrogens (tertiary/aromatic N) is 5. The minimum atomic E-state index is 0.595. The highest BCUT2D eigenvalue weighted by Gasteiger charge is 2.30. The van der Waals surface area contributed by atoms with E-state index in [4.69, 9.17) is 9.72 Å². The summed E-state index contributed by atoms with van der Waals surface area (Å²) in [7, 11) is 0. The van der Waals surface area contributed by atoms with Gasteiger partial charge in [-0.25, -0.2) is 4.98 Å². The normalized spacial score (nSPS) is 21.5. The first kappa shape index (κ1) is 15.8. The first-order valence-corrected chi connectivity index (χ1v) is 9.35. The molecule has 0 spiro atoms. The molecular weight excluding hydrogens is 326 g/mol. The van der Waals surface area contributed by atoms with E-state index >= 15 is 0 Å². The standard InChI is InChI=1S/C20H23N5O/c1-2-4-16(5-3-1)18-14-20(25-19(22-18)6-8-21-25)24-9-7-17(15-24)23-10-12-26-13-11-23/h1-6,8,14,17H,7,9-13,15H2. The Morgan fingerprint density at radius 3 is 2.69 bits per heavy atom. The van der Waals surface area contributed by atoms with Gasteiger partial charge in [0, 0.05) is 49.9 Å². The molecule has 5 rings (SSSR count). The number of morpholine rings is 1. The maximum atomic E-state index is 5.51. The zero-order valence-corrected chi connectivity index (χ0v) is 14.8. The quantitative estimate of drug-likeness (QED) is 0.726. The minimum absolute atomic E-state index is 0.595. The average molecular weight is 349 g/mol. The van der Waals surface area contributed by atoms with Crippen LogP contribution in [0.4, 0.5) is 5.82 Å². The third-order valence-corrected chi connectivity index (χ3v) is 5.46. The highest BCUT2D eigenvalue weighted by atomic mass is 16.5. The monoisotopic (exact) mass is 349 g/mol. The molecule has 6 nitrogen and oxygen atoms in total. The number of benzene rings is 1. The molecule has 2 aromatic heterocycles. The van der Waals surface area contributed by atoms with Gasteiger partial charge in [0.1, 0.15) is 5.82 Å². The van der Waals surface area contributed by atoms with E-state index in [1.165, 1.54) is 6.42 Å². The van der Waals surface area contributed by atoms with Crippen molar-refractivity contribution in [2.45, 2.75) is 12.5 Å². The molecule has 2 fully saturated rings. The lowest BCUT2D eigenvalue weighted by Gasteiger charge is -2.32. The fourth-order valence-corrected chi connectivity index (χ4v) is 4.07. The van der Waals surface area contributed by atoms with E-state index in [0.717, 1.165) is 62.1 Å². The van der Waals surface area contributed by atoms with Crippen molar-refractivity contribution in [2.75, 3.05) is 44.3 Å². The van der Waals surface area contributed by atoms with Gasteiger partial charge >= 0.3 is 0 Å². The van der Waals surface area contributed by atoms with E-state index in [2.05, 4.69) is 45.2 Å². The molecule has 0 N–H and O–H groups in total. The fourth-order valence-electron chi connectivity index (χ4n) is 4.07. The summed E-state index contributed by atoms with van der Waals surface area (Å²) < 4.78 is 7.47. The lowest BCUT2D eigenvalue weighted by molar-refractivity contribution is 0.0209. The summed E-state index contributed by atoms with van der Waals surface area (Å²) in [6.45, 7) is 5.88. The van der Waals surface area contributed by atoms with Gasteiger partial charge in [-0.05, 0) is 6.42 Å². The van der Waals surface area contributed by atoms with Crippen LogP contribution in [-0.2, 0) is 4.74 Å². The van der Waals surface area contributed by atoms with Crippen molar-refractivity contribution in [1.29, 1.82) is 0 Å². The topological polar surface area (TPSA) is 45.9 Å². The zero-order valence-electron chi connectivity index (χ0n) is 14.8. The minimum Gasteiger partial charge on any atom is -0.379 e. The third kappa shape index (κ3) is 2.85. The maximum Gasteiger partial charge on any atom is 0.157 e. The summed E-state index contributed by atoms with van der Waals surface area (Å²) in [5.41, 5.74) is 3.04. The number of ether oxygens (including phenoxy) is 1. The van der Waals surface area contributed by atoms with Crippen LogP contribution in [0.15, 0.2) is 48.7 Å². The molecule has 26 heavy (non-hydrogen) atoms. The van der Waals surface area contributed by atoms with Crippen LogP contribution in [0.1, 0.15) is 6.42 Å². The number of hydrogen-bond acceptors (Lipinski definition) is 5. The van der Waals surface area contributed by atoms with Crippen LogP contribution in [0.3, 0.4) is 0 Å². The second kappa shape index (κ2) is 6.70. The Morgan fingerprint density at radius 2 is 1.85 bits per heavy atom. The predicted molar refractivity (Wildman–Crippen MR) is 101 cm³/mol. The summed E-state index contributed by atoms with van der Waals surface area (Å²) in [6, 6.07) is 15.1. The summed E-state index contributed by atoms with van der Waals surface area (Å²) >= 11 is 0. The Balaban J connectivity index is 1.47. The van der Waals surface area contributed by atoms with E-state index in [0.29, 0.717) is 6.04 Å². The molecule has 0 saturated carbocycles. The van der Waals surface area contributed by atoms with Gasteiger partial charge in [-0.3, -0.25) is 4.90 Å². The van der Waals surface area contributed by atoms with Crippen molar-refractivity contribution in [3.8, 4) is 11.3 Å². The van der Waals surface area contributed by atoms with E-state index < -0.39 is 0 Å². The second-order valence-electron chi connectivity index (χ2n) is 7.00. The maximum absolute atomic E-state index is 5.51. The summed E-state index contributed by atoms with van der Waals surface area (Å²) in [5, 5.41) is 4.51. The van der Waals surface area contributed by atoms with Crippen molar-refractivity contribution >= 4 is 11.5 Å². The van der Waals surface area contributed by atoms with Crippen molar-refractivity contribution in [2.24, 2.45) is 0 Å². The fraction of sp³-hybridized carbons (Fsp3) is 0.400. The van der Waals surface area contributed by atoms with E-state index in [-0.39, 0.29) is 0 Å². The number of anilines is 1. The lowest BCUT2D eigenvalue weighted by Crippen LogP contribution is -2.44. The Morgan fingerprint density at radius 1 is 1.00 bits per heavy atom. The molecule has 1 unspecified atom stereocenters. The zero-order chi connectivity index (χ0) is 17.3. The highest BCUT2D eigenvalue weighted by molar-refractivity contribution is 5.67. The van der Waals surface area contributed by atoms with Gasteiger partial charge in [-0.15, -0.1) is 0 Å². The number of fused-ring (bicyclic) bond motifs is 1. The molecule has 4 heterocycles. The Bertz CT molecular complexity index is 888. The van der Waals surface area contributed by atoms with Crippen LogP contribution in [0.2, 0.25) is 0 Å². The van der Waals surface area contributed by atoms with Crippen molar-refractivity contribution in [1.82, 2.24) is 19.5 Å². The van der Waals surface area contributed by atoms with Crippen molar-refractivity contribution < 1.29 is 4.74 Å². The summed E-state index contributed by atoms with van der Waals surface area (Å²) in [6.07, 6.45) is 3.02. The molecular formula is C20H23N5O. The van der Waals surface area contributed by atoms with Crippen LogP contribution in [0.25, 0.3) is 16.9 Å². The van der Waals surface area contributed by atoms with E-state index in [9.17, 15) is 0 Å². The van der Waals surface area contributed by atoms with Crippen LogP contribution < -0.4 is 4.90 Å². The first-order chi connectivity index (χ1) is 12.9. The average Bonchev–Trinajstić information content (AvgIpc) is 3.38. The SMILES string of the molecule is c1ccc(-c2cc(N3CCC(N4CCOCC4)C3)n3nccc3n2)cc1. The smallest absolute Gasteiger partial charge is 0.157 e. The second-order valence-corrected chi connectivity index (χ2v) is 7.00. The number of hydrogen-bond donors (Lipinski definition) is 0. The number of aromatic nitrogens is 3. The molecule has 0 bridgehead atoms. The van der Waals surface area contributed by atoms with E-state index in [1.54, 1.807) is 0 Å². The highest BCUT2D eigenvalue weighted by Crippen LogP contribution is 2.28. The summed E-state index contributed by atoms with van der Waals surface area (Å²) in [4.78, 5) is 9.82.